The maximum absolute atomic E-state index is 13.0. The lowest BCUT2D eigenvalue weighted by atomic mass is 10.1. The fourth-order valence-electron chi connectivity index (χ4n) is 4.25. The highest BCUT2D eigenvalue weighted by Gasteiger charge is 2.23. The molecule has 1 amide bonds. The van der Waals surface area contributed by atoms with Crippen LogP contribution in [0.1, 0.15) is 24.2 Å². The number of ether oxygens (including phenoxy) is 1. The van der Waals surface area contributed by atoms with Gasteiger partial charge in [-0.05, 0) is 49.1 Å². The van der Waals surface area contributed by atoms with Crippen LogP contribution < -0.4 is 10.2 Å². The second-order valence-corrected chi connectivity index (χ2v) is 8.55. The zero-order chi connectivity index (χ0) is 22.9. The summed E-state index contributed by atoms with van der Waals surface area (Å²) in [5, 5.41) is 9.16. The lowest BCUT2D eigenvalue weighted by Gasteiger charge is -2.36. The third kappa shape index (κ3) is 4.56. The molecule has 5 rings (SSSR count). The first kappa shape index (κ1) is 21.1. The van der Waals surface area contributed by atoms with E-state index < -0.39 is 0 Å². The number of amides is 1. The molecule has 3 aromatic heterocycles. The standard InChI is InChI=1S/C25H26N6O2/c1-16-13-31(14-17(2)33-16)24-10-19(6-7-26-24)25(32)29-23-9-21-8-18(4-5-20(21)11-27-23)22-12-28-30(3)15-22/h4-12,15-17H,13-14H2,1-3H3,(H,27,29,32). The topological polar surface area (TPSA) is 85.2 Å². The van der Waals surface area contributed by atoms with Crippen LogP contribution in [0.2, 0.25) is 0 Å². The van der Waals surface area contributed by atoms with Crippen molar-refractivity contribution < 1.29 is 9.53 Å². The van der Waals surface area contributed by atoms with E-state index in [0.29, 0.717) is 11.4 Å². The Morgan fingerprint density at radius 3 is 2.58 bits per heavy atom. The minimum Gasteiger partial charge on any atom is -0.372 e. The fourth-order valence-corrected chi connectivity index (χ4v) is 4.25. The summed E-state index contributed by atoms with van der Waals surface area (Å²) in [5.74, 6) is 1.06. The predicted octanol–water partition coefficient (Wildman–Crippen LogP) is 3.90. The van der Waals surface area contributed by atoms with Crippen LogP contribution in [0.15, 0.2) is 61.2 Å². The molecule has 4 aromatic rings. The number of rotatable bonds is 4. The average molecular weight is 443 g/mol. The summed E-state index contributed by atoms with van der Waals surface area (Å²) in [6.07, 6.45) is 7.48. The molecular weight excluding hydrogens is 416 g/mol. The van der Waals surface area contributed by atoms with Crippen LogP contribution in [-0.2, 0) is 11.8 Å². The molecule has 0 saturated carbocycles. The number of anilines is 2. The van der Waals surface area contributed by atoms with Gasteiger partial charge in [0.2, 0.25) is 0 Å². The van der Waals surface area contributed by atoms with E-state index in [2.05, 4.69) is 31.3 Å². The van der Waals surface area contributed by atoms with Crippen molar-refractivity contribution in [2.24, 2.45) is 7.05 Å². The highest BCUT2D eigenvalue weighted by Crippen LogP contribution is 2.25. The van der Waals surface area contributed by atoms with Crippen molar-refractivity contribution in [3.63, 3.8) is 0 Å². The molecule has 4 heterocycles. The summed E-state index contributed by atoms with van der Waals surface area (Å²) in [6.45, 7) is 5.58. The molecule has 1 fully saturated rings. The van der Waals surface area contributed by atoms with Crippen LogP contribution in [0.4, 0.5) is 11.6 Å². The molecular formula is C25H26N6O2. The van der Waals surface area contributed by atoms with Crippen LogP contribution in [0.3, 0.4) is 0 Å². The molecule has 1 aromatic carbocycles. The van der Waals surface area contributed by atoms with Crippen molar-refractivity contribution in [2.75, 3.05) is 23.3 Å². The fraction of sp³-hybridized carbons (Fsp3) is 0.280. The Balaban J connectivity index is 1.36. The van der Waals surface area contributed by atoms with E-state index in [1.54, 1.807) is 23.1 Å². The van der Waals surface area contributed by atoms with Crippen LogP contribution in [0.5, 0.6) is 0 Å². The van der Waals surface area contributed by atoms with E-state index in [9.17, 15) is 4.79 Å². The molecule has 1 aliphatic heterocycles. The molecule has 168 valence electrons. The summed E-state index contributed by atoms with van der Waals surface area (Å²) in [4.78, 5) is 24.0. The zero-order valence-electron chi connectivity index (χ0n) is 18.9. The molecule has 1 saturated heterocycles. The first-order valence-electron chi connectivity index (χ1n) is 11.0. The van der Waals surface area contributed by atoms with Crippen LogP contribution >= 0.6 is 0 Å². The number of nitrogens with one attached hydrogen (secondary N) is 1. The van der Waals surface area contributed by atoms with Gasteiger partial charge in [-0.25, -0.2) is 9.97 Å². The Labute approximate surface area is 192 Å². The van der Waals surface area contributed by atoms with Crippen LogP contribution in [-0.4, -0.2) is 51.0 Å². The third-order valence-corrected chi connectivity index (χ3v) is 5.75. The Bertz CT molecular complexity index is 1310. The smallest absolute Gasteiger partial charge is 0.257 e. The van der Waals surface area contributed by atoms with E-state index in [1.807, 2.05) is 57.6 Å². The van der Waals surface area contributed by atoms with Crippen molar-refractivity contribution in [2.45, 2.75) is 26.1 Å². The van der Waals surface area contributed by atoms with Gasteiger partial charge in [0.05, 0.1) is 18.4 Å². The van der Waals surface area contributed by atoms with E-state index in [0.717, 1.165) is 40.8 Å². The highest BCUT2D eigenvalue weighted by molar-refractivity contribution is 6.05. The summed E-state index contributed by atoms with van der Waals surface area (Å²) in [6, 6.07) is 11.6. The van der Waals surface area contributed by atoms with Gasteiger partial charge in [0.15, 0.2) is 0 Å². The number of fused-ring (bicyclic) bond motifs is 1. The van der Waals surface area contributed by atoms with E-state index >= 15 is 0 Å². The number of aryl methyl sites for hydroxylation is 1. The number of morpholine rings is 1. The van der Waals surface area contributed by atoms with Crippen LogP contribution in [0, 0.1) is 0 Å². The number of benzene rings is 1. The molecule has 8 nitrogen and oxygen atoms in total. The van der Waals surface area contributed by atoms with E-state index in [1.165, 1.54) is 0 Å². The molecule has 8 heteroatoms. The van der Waals surface area contributed by atoms with Crippen molar-refractivity contribution in [3.05, 3.63) is 66.7 Å². The molecule has 0 aliphatic carbocycles. The molecule has 33 heavy (non-hydrogen) atoms. The summed E-state index contributed by atoms with van der Waals surface area (Å²) < 4.78 is 7.58. The van der Waals surface area contributed by atoms with Gasteiger partial charge in [-0.1, -0.05) is 12.1 Å². The monoisotopic (exact) mass is 442 g/mol. The number of hydrogen-bond acceptors (Lipinski definition) is 6. The minimum absolute atomic E-state index is 0.117. The van der Waals surface area contributed by atoms with Gasteiger partial charge in [0.25, 0.3) is 5.91 Å². The first-order valence-corrected chi connectivity index (χ1v) is 11.0. The molecule has 0 bridgehead atoms. The predicted molar refractivity (Wildman–Crippen MR) is 128 cm³/mol. The van der Waals surface area contributed by atoms with E-state index in [-0.39, 0.29) is 18.1 Å². The van der Waals surface area contributed by atoms with Crippen molar-refractivity contribution in [1.82, 2.24) is 19.7 Å². The van der Waals surface area contributed by atoms with Gasteiger partial charge < -0.3 is 15.0 Å². The average Bonchev–Trinajstić information content (AvgIpc) is 3.24. The molecule has 1 N–H and O–H groups in total. The third-order valence-electron chi connectivity index (χ3n) is 5.75. The number of hydrogen-bond donors (Lipinski definition) is 1. The SMILES string of the molecule is CC1CN(c2cc(C(=O)Nc3cc4cc(-c5cnn(C)c5)ccc4cn3)ccn2)CC(C)O1. The lowest BCUT2D eigenvalue weighted by Crippen LogP contribution is -2.45. The zero-order valence-corrected chi connectivity index (χ0v) is 18.9. The van der Waals surface area contributed by atoms with Crippen molar-refractivity contribution >= 4 is 28.3 Å². The molecule has 0 spiro atoms. The lowest BCUT2D eigenvalue weighted by molar-refractivity contribution is -0.00545. The van der Waals surface area contributed by atoms with Gasteiger partial charge in [0.1, 0.15) is 11.6 Å². The van der Waals surface area contributed by atoms with Crippen molar-refractivity contribution in [1.29, 1.82) is 0 Å². The highest BCUT2D eigenvalue weighted by atomic mass is 16.5. The van der Waals surface area contributed by atoms with E-state index in [4.69, 9.17) is 4.74 Å². The Morgan fingerprint density at radius 1 is 1.00 bits per heavy atom. The number of carbonyl (C=O) groups is 1. The maximum atomic E-state index is 13.0. The number of aromatic nitrogens is 4. The molecule has 2 unspecified atom stereocenters. The molecule has 1 aliphatic rings. The second kappa shape index (κ2) is 8.63. The first-order chi connectivity index (χ1) is 15.9. The van der Waals surface area contributed by atoms with Gasteiger partial charge in [0, 0.05) is 55.2 Å². The van der Waals surface area contributed by atoms with Gasteiger partial charge in [-0.3, -0.25) is 9.48 Å². The van der Waals surface area contributed by atoms with Gasteiger partial charge >= 0.3 is 0 Å². The Kier molecular flexibility index (Phi) is 5.51. The number of pyridine rings is 2. The number of carbonyl (C=O) groups excluding carboxylic acids is 1. The quantitative estimate of drug-likeness (QED) is 0.516. The maximum Gasteiger partial charge on any atom is 0.257 e. The normalized spacial score (nSPS) is 18.5. The van der Waals surface area contributed by atoms with Crippen LogP contribution in [0.25, 0.3) is 21.9 Å². The largest absolute Gasteiger partial charge is 0.372 e. The summed E-state index contributed by atoms with van der Waals surface area (Å²) in [5.41, 5.74) is 2.64. The Hall–Kier alpha value is -3.78. The molecule has 2 atom stereocenters. The molecule has 0 radical (unpaired) electrons. The summed E-state index contributed by atoms with van der Waals surface area (Å²) >= 11 is 0. The summed E-state index contributed by atoms with van der Waals surface area (Å²) in [7, 11) is 1.90. The number of nitrogens with zero attached hydrogens (tertiary/aromatic N) is 5. The second-order valence-electron chi connectivity index (χ2n) is 8.55. The minimum atomic E-state index is -0.219. The van der Waals surface area contributed by atoms with Gasteiger partial charge in [-0.2, -0.15) is 5.10 Å². The Morgan fingerprint density at radius 2 is 1.82 bits per heavy atom. The van der Waals surface area contributed by atoms with Crippen molar-refractivity contribution in [3.8, 4) is 11.1 Å². The van der Waals surface area contributed by atoms with Gasteiger partial charge in [-0.15, -0.1) is 0 Å².